The lowest BCUT2D eigenvalue weighted by Gasteiger charge is -2.24. The number of aliphatic carboxylic acids is 2. The van der Waals surface area contributed by atoms with Crippen LogP contribution in [0.25, 0.3) is 0 Å². The SMILES string of the molecule is O=C(O)CC1(C(=O)O)C=CC=CC1. The van der Waals surface area contributed by atoms with Crippen molar-refractivity contribution in [2.75, 3.05) is 0 Å². The predicted octanol–water partition coefficient (Wildman–Crippen LogP) is 1.05. The first-order valence-corrected chi connectivity index (χ1v) is 3.86. The molecule has 0 aromatic heterocycles. The van der Waals surface area contributed by atoms with Gasteiger partial charge in [0.05, 0.1) is 11.8 Å². The van der Waals surface area contributed by atoms with E-state index in [0.717, 1.165) is 0 Å². The smallest absolute Gasteiger partial charge is 0.314 e. The number of carboxylic acid groups (broad SMARTS) is 2. The van der Waals surface area contributed by atoms with Crippen molar-refractivity contribution in [1.29, 1.82) is 0 Å². The van der Waals surface area contributed by atoms with Crippen molar-refractivity contribution in [3.8, 4) is 0 Å². The average Bonchev–Trinajstić information content (AvgIpc) is 2.04. The van der Waals surface area contributed by atoms with Gasteiger partial charge in [-0.15, -0.1) is 0 Å². The molecule has 0 spiro atoms. The van der Waals surface area contributed by atoms with E-state index in [2.05, 4.69) is 0 Å². The molecule has 0 aliphatic heterocycles. The second-order valence-electron chi connectivity index (χ2n) is 3.02. The van der Waals surface area contributed by atoms with E-state index in [-0.39, 0.29) is 12.8 Å². The minimum atomic E-state index is -1.25. The predicted molar refractivity (Wildman–Crippen MR) is 45.2 cm³/mol. The Labute approximate surface area is 75.2 Å². The van der Waals surface area contributed by atoms with Crippen molar-refractivity contribution < 1.29 is 19.8 Å². The summed E-state index contributed by atoms with van der Waals surface area (Å²) in [7, 11) is 0. The quantitative estimate of drug-likeness (QED) is 0.684. The van der Waals surface area contributed by atoms with Gasteiger partial charge in [-0.05, 0) is 6.42 Å². The Morgan fingerprint density at radius 1 is 1.31 bits per heavy atom. The van der Waals surface area contributed by atoms with Gasteiger partial charge >= 0.3 is 11.9 Å². The largest absolute Gasteiger partial charge is 0.481 e. The standard InChI is InChI=1S/C9H10O4/c10-7(11)6-9(8(12)13)4-2-1-3-5-9/h1-4H,5-6H2,(H,10,11)(H,12,13). The Morgan fingerprint density at radius 3 is 2.38 bits per heavy atom. The van der Waals surface area contributed by atoms with Gasteiger partial charge < -0.3 is 10.2 Å². The highest BCUT2D eigenvalue weighted by Crippen LogP contribution is 2.31. The van der Waals surface area contributed by atoms with Crippen LogP contribution in [0.15, 0.2) is 24.3 Å². The van der Waals surface area contributed by atoms with E-state index >= 15 is 0 Å². The molecule has 0 saturated heterocycles. The molecule has 70 valence electrons. The summed E-state index contributed by atoms with van der Waals surface area (Å²) in [6.07, 6.45) is 6.25. The van der Waals surface area contributed by atoms with Gasteiger partial charge in [0.25, 0.3) is 0 Å². The first-order chi connectivity index (χ1) is 6.07. The lowest BCUT2D eigenvalue weighted by molar-refractivity contribution is -0.152. The zero-order chi connectivity index (χ0) is 9.90. The highest BCUT2D eigenvalue weighted by Gasteiger charge is 2.37. The fraction of sp³-hybridized carbons (Fsp3) is 0.333. The van der Waals surface area contributed by atoms with Crippen LogP contribution in [-0.4, -0.2) is 22.2 Å². The third-order valence-electron chi connectivity index (χ3n) is 2.04. The number of carbonyl (C=O) groups is 2. The summed E-state index contributed by atoms with van der Waals surface area (Å²) in [5.41, 5.74) is -1.25. The van der Waals surface area contributed by atoms with E-state index in [0.29, 0.717) is 0 Å². The number of allylic oxidation sites excluding steroid dienone is 3. The third-order valence-corrected chi connectivity index (χ3v) is 2.04. The van der Waals surface area contributed by atoms with Crippen LogP contribution >= 0.6 is 0 Å². The van der Waals surface area contributed by atoms with Gasteiger partial charge in [-0.3, -0.25) is 9.59 Å². The molecule has 0 amide bonds. The van der Waals surface area contributed by atoms with Crippen molar-refractivity contribution in [2.45, 2.75) is 12.8 Å². The van der Waals surface area contributed by atoms with E-state index in [9.17, 15) is 9.59 Å². The topological polar surface area (TPSA) is 74.6 Å². The second kappa shape index (κ2) is 3.43. The van der Waals surface area contributed by atoms with Gasteiger partial charge in [0.2, 0.25) is 0 Å². The molecular weight excluding hydrogens is 172 g/mol. The summed E-state index contributed by atoms with van der Waals surface area (Å²) in [5.74, 6) is -2.18. The van der Waals surface area contributed by atoms with Crippen LogP contribution in [0.3, 0.4) is 0 Å². The van der Waals surface area contributed by atoms with Crippen LogP contribution in [0.1, 0.15) is 12.8 Å². The van der Waals surface area contributed by atoms with Crippen molar-refractivity contribution in [3.63, 3.8) is 0 Å². The molecule has 1 aliphatic carbocycles. The summed E-state index contributed by atoms with van der Waals surface area (Å²) >= 11 is 0. The molecule has 0 heterocycles. The van der Waals surface area contributed by atoms with Crippen LogP contribution in [0.4, 0.5) is 0 Å². The molecule has 0 fully saturated rings. The van der Waals surface area contributed by atoms with Crippen molar-refractivity contribution in [2.24, 2.45) is 5.41 Å². The Bertz CT molecular complexity index is 290. The first-order valence-electron chi connectivity index (χ1n) is 3.86. The van der Waals surface area contributed by atoms with E-state index in [4.69, 9.17) is 10.2 Å². The highest BCUT2D eigenvalue weighted by atomic mass is 16.4. The van der Waals surface area contributed by atoms with Crippen LogP contribution in [-0.2, 0) is 9.59 Å². The molecule has 0 aromatic rings. The lowest BCUT2D eigenvalue weighted by atomic mass is 9.79. The number of carboxylic acids is 2. The number of rotatable bonds is 3. The molecule has 4 nitrogen and oxygen atoms in total. The molecule has 0 radical (unpaired) electrons. The van der Waals surface area contributed by atoms with Crippen LogP contribution in [0.2, 0.25) is 0 Å². The maximum atomic E-state index is 10.9. The summed E-state index contributed by atoms with van der Waals surface area (Å²) in [4.78, 5) is 21.3. The molecular formula is C9H10O4. The average molecular weight is 182 g/mol. The maximum Gasteiger partial charge on any atom is 0.314 e. The van der Waals surface area contributed by atoms with Gasteiger partial charge in [0.15, 0.2) is 0 Å². The Balaban J connectivity index is 2.88. The monoisotopic (exact) mass is 182 g/mol. The molecule has 0 bridgehead atoms. The molecule has 0 saturated carbocycles. The lowest BCUT2D eigenvalue weighted by Crippen LogP contribution is -2.31. The Kier molecular flexibility index (Phi) is 2.51. The molecule has 2 N–H and O–H groups in total. The van der Waals surface area contributed by atoms with Gasteiger partial charge in [0, 0.05) is 0 Å². The minimum Gasteiger partial charge on any atom is -0.481 e. The number of hydrogen-bond donors (Lipinski definition) is 2. The first kappa shape index (κ1) is 9.51. The molecule has 4 heteroatoms. The van der Waals surface area contributed by atoms with Gasteiger partial charge in [-0.1, -0.05) is 24.3 Å². The fourth-order valence-electron chi connectivity index (χ4n) is 1.30. The molecule has 13 heavy (non-hydrogen) atoms. The van der Waals surface area contributed by atoms with Crippen molar-refractivity contribution in [3.05, 3.63) is 24.3 Å². The molecule has 1 atom stereocenters. The van der Waals surface area contributed by atoms with Crippen LogP contribution < -0.4 is 0 Å². The van der Waals surface area contributed by atoms with E-state index in [1.54, 1.807) is 18.2 Å². The van der Waals surface area contributed by atoms with Crippen molar-refractivity contribution >= 4 is 11.9 Å². The van der Waals surface area contributed by atoms with E-state index < -0.39 is 17.4 Å². The Hall–Kier alpha value is -1.58. The van der Waals surface area contributed by atoms with E-state index in [1.165, 1.54) is 6.08 Å². The zero-order valence-corrected chi connectivity index (χ0v) is 6.93. The van der Waals surface area contributed by atoms with Crippen LogP contribution in [0.5, 0.6) is 0 Å². The zero-order valence-electron chi connectivity index (χ0n) is 6.93. The molecule has 1 unspecified atom stereocenters. The summed E-state index contributed by atoms with van der Waals surface area (Å²) in [6.45, 7) is 0. The van der Waals surface area contributed by atoms with E-state index in [1.807, 2.05) is 0 Å². The third kappa shape index (κ3) is 1.96. The normalized spacial score (nSPS) is 25.8. The molecule has 0 aromatic carbocycles. The van der Waals surface area contributed by atoms with Gasteiger partial charge in [-0.25, -0.2) is 0 Å². The van der Waals surface area contributed by atoms with Crippen molar-refractivity contribution in [1.82, 2.24) is 0 Å². The summed E-state index contributed by atoms with van der Waals surface area (Å²) < 4.78 is 0. The minimum absolute atomic E-state index is 0.241. The number of hydrogen-bond acceptors (Lipinski definition) is 2. The van der Waals surface area contributed by atoms with Gasteiger partial charge in [0.1, 0.15) is 0 Å². The maximum absolute atomic E-state index is 10.9. The van der Waals surface area contributed by atoms with Crippen LogP contribution in [0, 0.1) is 5.41 Å². The second-order valence-corrected chi connectivity index (χ2v) is 3.02. The summed E-state index contributed by atoms with van der Waals surface area (Å²) in [6, 6.07) is 0. The highest BCUT2D eigenvalue weighted by molar-refractivity contribution is 5.84. The Morgan fingerprint density at radius 2 is 2.00 bits per heavy atom. The summed E-state index contributed by atoms with van der Waals surface area (Å²) in [5, 5.41) is 17.4. The van der Waals surface area contributed by atoms with Gasteiger partial charge in [-0.2, -0.15) is 0 Å². The molecule has 1 aliphatic rings. The fourth-order valence-corrected chi connectivity index (χ4v) is 1.30. The molecule has 1 rings (SSSR count).